The first-order valence-electron chi connectivity index (χ1n) is 6.78. The average molecular weight is 286 g/mol. The highest BCUT2D eigenvalue weighted by Gasteiger charge is 2.40. The molecule has 0 saturated carbocycles. The summed E-state index contributed by atoms with van der Waals surface area (Å²) in [7, 11) is 1.28. The van der Waals surface area contributed by atoms with Gasteiger partial charge in [0.15, 0.2) is 5.78 Å². The van der Waals surface area contributed by atoms with E-state index in [1.807, 2.05) is 0 Å². The molecule has 0 heterocycles. The van der Waals surface area contributed by atoms with E-state index in [0.717, 1.165) is 0 Å². The molecule has 0 bridgehead atoms. The molecule has 1 aliphatic rings. The Bertz CT molecular complexity index is 615. The summed E-state index contributed by atoms with van der Waals surface area (Å²) in [5.41, 5.74) is -0.140. The van der Waals surface area contributed by atoms with Crippen molar-refractivity contribution >= 4 is 17.8 Å². The summed E-state index contributed by atoms with van der Waals surface area (Å²) >= 11 is 0. The number of Topliss-reactive ketones (excluding diaryl/α,β-unsaturated/α-hetero) is 1. The maximum Gasteiger partial charge on any atom is 0.333 e. The van der Waals surface area contributed by atoms with Crippen LogP contribution in [0.15, 0.2) is 42.5 Å². The molecule has 0 radical (unpaired) electrons. The first-order chi connectivity index (χ1) is 10.0. The lowest BCUT2D eigenvalue weighted by atomic mass is 9.78. The molecular formula is C17H18O4. The summed E-state index contributed by atoms with van der Waals surface area (Å²) in [5, 5.41) is 10.7. The second kappa shape index (κ2) is 6.06. The molecule has 0 fully saturated rings. The highest BCUT2D eigenvalue weighted by Crippen LogP contribution is 2.32. The van der Waals surface area contributed by atoms with Crippen LogP contribution in [0.1, 0.15) is 35.2 Å². The minimum atomic E-state index is -1.57. The summed E-state index contributed by atoms with van der Waals surface area (Å²) < 4.78 is 4.67. The number of carbonyl (C=O) groups is 2. The van der Waals surface area contributed by atoms with E-state index >= 15 is 0 Å². The standard InChI is InChI=1S/C17H18O4/c1-3-12-7-4-5-9-14(12)15(18)17(20)10-6-8-13(11-17)16(19)21-2/h3-5,7-9,20H,1,6,10-11H2,2H3. The number of hydrogen-bond donors (Lipinski definition) is 1. The van der Waals surface area contributed by atoms with Gasteiger partial charge in [0, 0.05) is 17.6 Å². The van der Waals surface area contributed by atoms with E-state index in [2.05, 4.69) is 11.3 Å². The summed E-state index contributed by atoms with van der Waals surface area (Å²) in [4.78, 5) is 24.3. The maximum absolute atomic E-state index is 12.7. The number of ether oxygens (including phenoxy) is 1. The van der Waals surface area contributed by atoms with Gasteiger partial charge in [-0.15, -0.1) is 0 Å². The van der Waals surface area contributed by atoms with E-state index < -0.39 is 11.6 Å². The fourth-order valence-corrected chi connectivity index (χ4v) is 2.57. The van der Waals surface area contributed by atoms with Gasteiger partial charge in [0.2, 0.25) is 0 Å². The zero-order chi connectivity index (χ0) is 15.5. The van der Waals surface area contributed by atoms with Crippen LogP contribution in [0.3, 0.4) is 0 Å². The minimum absolute atomic E-state index is 0.0238. The van der Waals surface area contributed by atoms with E-state index in [0.29, 0.717) is 23.1 Å². The smallest absolute Gasteiger partial charge is 0.333 e. The molecule has 0 amide bonds. The van der Waals surface area contributed by atoms with Gasteiger partial charge in [0.05, 0.1) is 7.11 Å². The summed E-state index contributed by atoms with van der Waals surface area (Å²) in [6.07, 6.45) is 4.02. The topological polar surface area (TPSA) is 63.6 Å². The van der Waals surface area contributed by atoms with Crippen molar-refractivity contribution in [3.8, 4) is 0 Å². The SMILES string of the molecule is C=Cc1ccccc1C(=O)C1(O)CCC=C(C(=O)OC)C1. The van der Waals surface area contributed by atoms with Gasteiger partial charge in [-0.25, -0.2) is 4.79 Å². The number of rotatable bonds is 4. The molecule has 4 heteroatoms. The van der Waals surface area contributed by atoms with Crippen LogP contribution in [0.5, 0.6) is 0 Å². The number of carbonyl (C=O) groups excluding carboxylic acids is 2. The molecule has 1 unspecified atom stereocenters. The molecule has 0 saturated heterocycles. The summed E-state index contributed by atoms with van der Waals surface area (Å²) in [5.74, 6) is -0.884. The van der Waals surface area contributed by atoms with E-state index in [9.17, 15) is 14.7 Å². The Kier molecular flexibility index (Phi) is 4.38. The summed E-state index contributed by atoms with van der Waals surface area (Å²) in [6.45, 7) is 3.68. The fourth-order valence-electron chi connectivity index (χ4n) is 2.57. The van der Waals surface area contributed by atoms with Gasteiger partial charge < -0.3 is 9.84 Å². The number of aliphatic hydroxyl groups is 1. The van der Waals surface area contributed by atoms with E-state index in [1.54, 1.807) is 36.4 Å². The lowest BCUT2D eigenvalue weighted by Gasteiger charge is -2.30. The first kappa shape index (κ1) is 15.2. The lowest BCUT2D eigenvalue weighted by molar-refractivity contribution is -0.137. The molecule has 0 aliphatic heterocycles. The van der Waals surface area contributed by atoms with Gasteiger partial charge in [0.25, 0.3) is 0 Å². The van der Waals surface area contributed by atoms with Crippen molar-refractivity contribution in [2.75, 3.05) is 7.11 Å². The molecule has 1 N–H and O–H groups in total. The molecule has 1 aromatic carbocycles. The lowest BCUT2D eigenvalue weighted by Crippen LogP contribution is -2.41. The predicted octanol–water partition coefficient (Wildman–Crippen LogP) is 2.53. The van der Waals surface area contributed by atoms with Gasteiger partial charge in [-0.1, -0.05) is 43.0 Å². The second-order valence-electron chi connectivity index (χ2n) is 5.09. The number of esters is 1. The van der Waals surface area contributed by atoms with E-state index in [4.69, 9.17) is 0 Å². The zero-order valence-corrected chi connectivity index (χ0v) is 12.0. The number of ketones is 1. The monoisotopic (exact) mass is 286 g/mol. The van der Waals surface area contributed by atoms with Crippen LogP contribution in [-0.4, -0.2) is 29.6 Å². The maximum atomic E-state index is 12.7. The molecular weight excluding hydrogens is 268 g/mol. The Morgan fingerprint density at radius 3 is 2.76 bits per heavy atom. The van der Waals surface area contributed by atoms with Crippen LogP contribution in [0.4, 0.5) is 0 Å². The number of methoxy groups -OCH3 is 1. The van der Waals surface area contributed by atoms with Gasteiger partial charge in [-0.05, 0) is 18.4 Å². The Morgan fingerprint density at radius 2 is 2.10 bits per heavy atom. The van der Waals surface area contributed by atoms with Crippen molar-refractivity contribution < 1.29 is 19.4 Å². The Labute approximate surface area is 123 Å². The van der Waals surface area contributed by atoms with Gasteiger partial charge in [-0.2, -0.15) is 0 Å². The molecule has 4 nitrogen and oxygen atoms in total. The highest BCUT2D eigenvalue weighted by atomic mass is 16.5. The van der Waals surface area contributed by atoms with Crippen LogP contribution >= 0.6 is 0 Å². The van der Waals surface area contributed by atoms with Crippen molar-refractivity contribution in [1.29, 1.82) is 0 Å². The third-order valence-corrected chi connectivity index (χ3v) is 3.73. The third-order valence-electron chi connectivity index (χ3n) is 3.73. The zero-order valence-electron chi connectivity index (χ0n) is 12.0. The molecule has 0 aromatic heterocycles. The second-order valence-corrected chi connectivity index (χ2v) is 5.09. The largest absolute Gasteiger partial charge is 0.466 e. The van der Waals surface area contributed by atoms with Crippen molar-refractivity contribution in [3.05, 3.63) is 53.6 Å². The molecule has 1 aromatic rings. The van der Waals surface area contributed by atoms with Gasteiger partial charge in [0.1, 0.15) is 5.60 Å². The van der Waals surface area contributed by atoms with Crippen molar-refractivity contribution in [3.63, 3.8) is 0 Å². The van der Waals surface area contributed by atoms with Crippen LogP contribution in [0, 0.1) is 0 Å². The van der Waals surface area contributed by atoms with E-state index in [1.165, 1.54) is 7.11 Å². The van der Waals surface area contributed by atoms with Crippen LogP contribution in [-0.2, 0) is 9.53 Å². The van der Waals surface area contributed by atoms with Crippen LogP contribution < -0.4 is 0 Å². The normalized spacial score (nSPS) is 21.3. The Balaban J connectivity index is 2.32. The molecule has 110 valence electrons. The quantitative estimate of drug-likeness (QED) is 0.682. The van der Waals surface area contributed by atoms with Crippen LogP contribution in [0.2, 0.25) is 0 Å². The third kappa shape index (κ3) is 2.95. The van der Waals surface area contributed by atoms with Crippen molar-refractivity contribution in [2.24, 2.45) is 0 Å². The van der Waals surface area contributed by atoms with Crippen molar-refractivity contribution in [1.82, 2.24) is 0 Å². The number of hydrogen-bond acceptors (Lipinski definition) is 4. The number of benzene rings is 1. The molecule has 21 heavy (non-hydrogen) atoms. The van der Waals surface area contributed by atoms with Gasteiger partial charge in [-0.3, -0.25) is 4.79 Å². The molecule has 1 aliphatic carbocycles. The number of allylic oxidation sites excluding steroid dienone is 1. The Morgan fingerprint density at radius 1 is 1.38 bits per heavy atom. The first-order valence-corrected chi connectivity index (χ1v) is 6.78. The minimum Gasteiger partial charge on any atom is -0.466 e. The van der Waals surface area contributed by atoms with E-state index in [-0.39, 0.29) is 18.6 Å². The highest BCUT2D eigenvalue weighted by molar-refractivity contribution is 6.06. The molecule has 2 rings (SSSR count). The predicted molar refractivity (Wildman–Crippen MR) is 79.8 cm³/mol. The van der Waals surface area contributed by atoms with Crippen LogP contribution in [0.25, 0.3) is 6.08 Å². The fraction of sp³-hybridized carbons (Fsp3) is 0.294. The van der Waals surface area contributed by atoms with Gasteiger partial charge >= 0.3 is 5.97 Å². The summed E-state index contributed by atoms with van der Waals surface area (Å²) in [6, 6.07) is 6.97. The molecule has 1 atom stereocenters. The average Bonchev–Trinajstić information content (AvgIpc) is 2.53. The van der Waals surface area contributed by atoms with Crippen molar-refractivity contribution in [2.45, 2.75) is 24.9 Å². The molecule has 0 spiro atoms. The Hall–Kier alpha value is -2.20.